The second-order valence-electron chi connectivity index (χ2n) is 2.09. The highest BCUT2D eigenvalue weighted by atomic mass is 35.5. The van der Waals surface area contributed by atoms with Crippen LogP contribution in [0.2, 0.25) is 0 Å². The van der Waals surface area contributed by atoms with Crippen LogP contribution in [0.5, 0.6) is 0 Å². The van der Waals surface area contributed by atoms with E-state index in [0.717, 1.165) is 5.56 Å². The molecule has 1 heterocycles. The van der Waals surface area contributed by atoms with E-state index in [1.807, 2.05) is 6.07 Å². The van der Waals surface area contributed by atoms with Crippen molar-refractivity contribution in [3.8, 4) is 0 Å². The molecule has 0 amide bonds. The van der Waals surface area contributed by atoms with Crippen LogP contribution in [0.25, 0.3) is 5.03 Å². The normalized spacial score (nSPS) is 9.64. The minimum absolute atomic E-state index is 0.450. The Morgan fingerprint density at radius 2 is 2.27 bits per heavy atom. The van der Waals surface area contributed by atoms with E-state index in [-0.39, 0.29) is 0 Å². The van der Waals surface area contributed by atoms with Gasteiger partial charge in [0.2, 0.25) is 0 Å². The summed E-state index contributed by atoms with van der Waals surface area (Å²) in [6, 6.07) is 3.68. The van der Waals surface area contributed by atoms with Gasteiger partial charge >= 0.3 is 0 Å². The van der Waals surface area contributed by atoms with Gasteiger partial charge in [-0.05, 0) is 11.6 Å². The van der Waals surface area contributed by atoms with Gasteiger partial charge in [-0.2, -0.15) is 0 Å². The van der Waals surface area contributed by atoms with Gasteiger partial charge in [0, 0.05) is 12.1 Å². The van der Waals surface area contributed by atoms with Gasteiger partial charge in [0.25, 0.3) is 0 Å². The molecule has 0 saturated carbocycles. The van der Waals surface area contributed by atoms with Crippen molar-refractivity contribution in [2.45, 2.75) is 5.88 Å². The molecular weight excluding hydrogens is 181 g/mol. The van der Waals surface area contributed by atoms with Crippen LogP contribution in [0.15, 0.2) is 24.9 Å². The maximum Gasteiger partial charge on any atom is 0.0809 e. The lowest BCUT2D eigenvalue weighted by atomic mass is 10.3. The predicted molar refractivity (Wildman–Crippen MR) is 48.7 cm³/mol. The van der Waals surface area contributed by atoms with E-state index in [0.29, 0.717) is 16.6 Å². The molecule has 0 aliphatic rings. The summed E-state index contributed by atoms with van der Waals surface area (Å²) < 4.78 is 0. The van der Waals surface area contributed by atoms with Crippen molar-refractivity contribution in [1.82, 2.24) is 4.98 Å². The molecule has 1 aromatic rings. The Kier molecular flexibility index (Phi) is 2.92. The molecular formula is C8H7Cl2N. The minimum Gasteiger partial charge on any atom is -0.255 e. The van der Waals surface area contributed by atoms with Crippen LogP contribution in [0.3, 0.4) is 0 Å². The van der Waals surface area contributed by atoms with Crippen LogP contribution in [-0.4, -0.2) is 4.98 Å². The monoisotopic (exact) mass is 187 g/mol. The lowest BCUT2D eigenvalue weighted by Crippen LogP contribution is -1.85. The van der Waals surface area contributed by atoms with E-state index >= 15 is 0 Å². The summed E-state index contributed by atoms with van der Waals surface area (Å²) >= 11 is 11.2. The Labute approximate surface area is 75.7 Å². The average molecular weight is 188 g/mol. The minimum atomic E-state index is 0.450. The van der Waals surface area contributed by atoms with Crippen molar-refractivity contribution < 1.29 is 0 Å². The Morgan fingerprint density at radius 3 is 2.64 bits per heavy atom. The number of hydrogen-bond acceptors (Lipinski definition) is 1. The summed E-state index contributed by atoms with van der Waals surface area (Å²) in [5.41, 5.74) is 1.67. The maximum absolute atomic E-state index is 5.61. The van der Waals surface area contributed by atoms with Gasteiger partial charge in [-0.3, -0.25) is 4.98 Å². The number of alkyl halides is 1. The molecule has 1 nitrogen and oxygen atoms in total. The lowest BCUT2D eigenvalue weighted by molar-refractivity contribution is 1.22. The molecule has 0 fully saturated rings. The molecule has 0 aliphatic heterocycles. The fourth-order valence-corrected chi connectivity index (χ4v) is 0.934. The summed E-state index contributed by atoms with van der Waals surface area (Å²) in [7, 11) is 0. The van der Waals surface area contributed by atoms with Crippen LogP contribution in [0, 0.1) is 0 Å². The zero-order valence-corrected chi connectivity index (χ0v) is 7.36. The standard InChI is InChI=1S/C8H7Cl2N/c1-6(10)8-3-2-7(4-9)5-11-8/h2-3,5H,1,4H2. The molecule has 11 heavy (non-hydrogen) atoms. The third-order valence-electron chi connectivity index (χ3n) is 1.26. The largest absolute Gasteiger partial charge is 0.255 e. The van der Waals surface area contributed by atoms with Gasteiger partial charge in [-0.25, -0.2) is 0 Å². The molecule has 1 aromatic heterocycles. The van der Waals surface area contributed by atoms with Crippen molar-refractivity contribution >= 4 is 28.2 Å². The van der Waals surface area contributed by atoms with Gasteiger partial charge in [0.15, 0.2) is 0 Å². The molecule has 0 aliphatic carbocycles. The average Bonchev–Trinajstić information content (AvgIpc) is 2.05. The van der Waals surface area contributed by atoms with Crippen LogP contribution in [0.4, 0.5) is 0 Å². The van der Waals surface area contributed by atoms with E-state index in [4.69, 9.17) is 23.2 Å². The molecule has 0 atom stereocenters. The third-order valence-corrected chi connectivity index (χ3v) is 1.76. The zero-order valence-electron chi connectivity index (χ0n) is 5.85. The number of aromatic nitrogens is 1. The van der Waals surface area contributed by atoms with E-state index in [9.17, 15) is 0 Å². The Bertz CT molecular complexity index is 253. The summed E-state index contributed by atoms with van der Waals surface area (Å²) in [5, 5.41) is 0.450. The van der Waals surface area contributed by atoms with Crippen molar-refractivity contribution in [2.75, 3.05) is 0 Å². The number of nitrogens with zero attached hydrogens (tertiary/aromatic N) is 1. The van der Waals surface area contributed by atoms with Crippen LogP contribution in [0.1, 0.15) is 11.3 Å². The molecule has 1 rings (SSSR count). The Hall–Kier alpha value is -0.530. The van der Waals surface area contributed by atoms with Gasteiger partial charge in [0.05, 0.1) is 10.7 Å². The predicted octanol–water partition coefficient (Wildman–Crippen LogP) is 3.03. The quantitative estimate of drug-likeness (QED) is 0.650. The molecule has 0 aromatic carbocycles. The molecule has 0 spiro atoms. The Balaban J connectivity index is 2.91. The van der Waals surface area contributed by atoms with Crippen molar-refractivity contribution in [3.05, 3.63) is 36.2 Å². The first-order valence-corrected chi connectivity index (χ1v) is 4.01. The van der Waals surface area contributed by atoms with E-state index in [1.54, 1.807) is 12.3 Å². The lowest BCUT2D eigenvalue weighted by Gasteiger charge is -1.97. The summed E-state index contributed by atoms with van der Waals surface area (Å²) in [5.74, 6) is 0.474. The molecule has 0 saturated heterocycles. The fourth-order valence-electron chi connectivity index (χ4n) is 0.664. The molecule has 0 bridgehead atoms. The second kappa shape index (κ2) is 3.74. The summed E-state index contributed by atoms with van der Waals surface area (Å²) in [6.07, 6.45) is 1.69. The highest BCUT2D eigenvalue weighted by Gasteiger charge is 1.95. The molecule has 0 unspecified atom stereocenters. The number of rotatable bonds is 2. The van der Waals surface area contributed by atoms with Gasteiger partial charge in [-0.1, -0.05) is 24.2 Å². The van der Waals surface area contributed by atoms with Crippen LogP contribution in [-0.2, 0) is 5.88 Å². The summed E-state index contributed by atoms with van der Waals surface area (Å²) in [4.78, 5) is 4.03. The first-order chi connectivity index (χ1) is 5.24. The van der Waals surface area contributed by atoms with Crippen LogP contribution < -0.4 is 0 Å². The van der Waals surface area contributed by atoms with Crippen molar-refractivity contribution in [3.63, 3.8) is 0 Å². The maximum atomic E-state index is 5.61. The highest BCUT2D eigenvalue weighted by molar-refractivity contribution is 6.48. The molecule has 58 valence electrons. The second-order valence-corrected chi connectivity index (χ2v) is 2.81. The van der Waals surface area contributed by atoms with E-state index in [1.165, 1.54) is 0 Å². The molecule has 3 heteroatoms. The Morgan fingerprint density at radius 1 is 1.55 bits per heavy atom. The van der Waals surface area contributed by atoms with Gasteiger partial charge < -0.3 is 0 Å². The number of hydrogen-bond donors (Lipinski definition) is 0. The van der Waals surface area contributed by atoms with E-state index in [2.05, 4.69) is 11.6 Å². The van der Waals surface area contributed by atoms with Crippen molar-refractivity contribution in [1.29, 1.82) is 0 Å². The first-order valence-electron chi connectivity index (χ1n) is 3.09. The van der Waals surface area contributed by atoms with Gasteiger partial charge in [0.1, 0.15) is 0 Å². The summed E-state index contributed by atoms with van der Waals surface area (Å²) in [6.45, 7) is 3.55. The first kappa shape index (κ1) is 8.57. The third kappa shape index (κ3) is 2.21. The topological polar surface area (TPSA) is 12.9 Å². The zero-order chi connectivity index (χ0) is 8.27. The molecule has 0 N–H and O–H groups in total. The number of halogens is 2. The SMILES string of the molecule is C=C(Cl)c1ccc(CCl)cn1. The van der Waals surface area contributed by atoms with Crippen molar-refractivity contribution in [2.24, 2.45) is 0 Å². The fraction of sp³-hybridized carbons (Fsp3) is 0.125. The molecule has 0 radical (unpaired) electrons. The highest BCUT2D eigenvalue weighted by Crippen LogP contribution is 2.13. The smallest absolute Gasteiger partial charge is 0.0809 e. The van der Waals surface area contributed by atoms with E-state index < -0.39 is 0 Å². The van der Waals surface area contributed by atoms with Gasteiger partial charge in [-0.15, -0.1) is 11.6 Å². The van der Waals surface area contributed by atoms with Crippen LogP contribution >= 0.6 is 23.2 Å². The number of pyridine rings is 1.